The van der Waals surface area contributed by atoms with Gasteiger partial charge in [-0.3, -0.25) is 4.79 Å². The number of hydrogen-bond acceptors (Lipinski definition) is 3. The van der Waals surface area contributed by atoms with Crippen LogP contribution in [0.5, 0.6) is 0 Å². The summed E-state index contributed by atoms with van der Waals surface area (Å²) in [6, 6.07) is 0.179. The van der Waals surface area contributed by atoms with Gasteiger partial charge in [-0.2, -0.15) is 0 Å². The molecule has 0 aromatic rings. The predicted molar refractivity (Wildman–Crippen MR) is 76.7 cm³/mol. The van der Waals surface area contributed by atoms with Crippen molar-refractivity contribution in [2.24, 2.45) is 29.1 Å². The zero-order valence-electron chi connectivity index (χ0n) is 13.4. The van der Waals surface area contributed by atoms with Crippen LogP contribution >= 0.6 is 0 Å². The lowest BCUT2D eigenvalue weighted by Crippen LogP contribution is -2.44. The average Bonchev–Trinajstić information content (AvgIpc) is 2.66. The van der Waals surface area contributed by atoms with E-state index in [1.54, 1.807) is 0 Å². The summed E-state index contributed by atoms with van der Waals surface area (Å²) in [6.45, 7) is 10.4. The Kier molecular flexibility index (Phi) is 2.89. The highest BCUT2D eigenvalue weighted by molar-refractivity contribution is 5.76. The van der Waals surface area contributed by atoms with E-state index in [-0.39, 0.29) is 29.4 Å². The van der Waals surface area contributed by atoms with Crippen molar-refractivity contribution in [1.29, 1.82) is 0 Å². The summed E-state index contributed by atoms with van der Waals surface area (Å²) in [4.78, 5) is 25.4. The second kappa shape index (κ2) is 4.14. The number of nitrogens with zero attached hydrogens (tertiary/aromatic N) is 1. The quantitative estimate of drug-likeness (QED) is 0.850. The number of carbonyl (C=O) groups is 2. The molecule has 4 fully saturated rings. The summed E-state index contributed by atoms with van der Waals surface area (Å²) >= 11 is 0. The molecule has 1 N–H and O–H groups in total. The number of carbonyl (C=O) groups excluding carboxylic acids is 1. The first-order chi connectivity index (χ1) is 9.54. The zero-order chi connectivity index (χ0) is 15.7. The molecule has 5 atom stereocenters. The van der Waals surface area contributed by atoms with Gasteiger partial charge in [-0.1, -0.05) is 13.8 Å². The van der Waals surface area contributed by atoms with Crippen LogP contribution in [0.1, 0.15) is 41.0 Å². The molecule has 2 bridgehead atoms. The van der Waals surface area contributed by atoms with Crippen molar-refractivity contribution in [2.75, 3.05) is 6.54 Å². The molecule has 118 valence electrons. The third kappa shape index (κ3) is 2.12. The number of hydrogen-bond donors (Lipinski definition) is 1. The number of fused-ring (bicyclic) bond motifs is 1. The summed E-state index contributed by atoms with van der Waals surface area (Å²) in [7, 11) is 0. The standard InChI is InChI=1S/C16H25NO4/c1-15(2,3)21-14(20)17-7-8-6-9(17)10(8)11-12(13(18)19)16(11,4)5/h8-12H,6-7H2,1-5H3,(H,18,19)/t8-,9-,10?,11-,12+/m0/s1. The summed E-state index contributed by atoms with van der Waals surface area (Å²) in [5.41, 5.74) is -0.626. The zero-order valence-corrected chi connectivity index (χ0v) is 13.4. The fourth-order valence-corrected chi connectivity index (χ4v) is 4.59. The fourth-order valence-electron chi connectivity index (χ4n) is 4.59. The molecule has 21 heavy (non-hydrogen) atoms. The van der Waals surface area contributed by atoms with E-state index in [2.05, 4.69) is 0 Å². The minimum atomic E-state index is -0.694. The molecule has 1 amide bonds. The Labute approximate surface area is 125 Å². The Morgan fingerprint density at radius 3 is 2.38 bits per heavy atom. The van der Waals surface area contributed by atoms with Crippen molar-refractivity contribution in [1.82, 2.24) is 4.90 Å². The van der Waals surface area contributed by atoms with Crippen LogP contribution in [0, 0.1) is 29.1 Å². The van der Waals surface area contributed by atoms with Crippen LogP contribution < -0.4 is 0 Å². The molecule has 4 aliphatic rings. The van der Waals surface area contributed by atoms with Gasteiger partial charge in [0.05, 0.1) is 5.92 Å². The molecule has 2 aliphatic heterocycles. The molecule has 0 spiro atoms. The maximum atomic E-state index is 12.3. The van der Waals surface area contributed by atoms with Crippen LogP contribution in [0.2, 0.25) is 0 Å². The van der Waals surface area contributed by atoms with E-state index in [4.69, 9.17) is 4.74 Å². The molecule has 4 rings (SSSR count). The van der Waals surface area contributed by atoms with E-state index in [9.17, 15) is 14.7 Å². The van der Waals surface area contributed by atoms with Crippen molar-refractivity contribution < 1.29 is 19.4 Å². The lowest BCUT2D eigenvalue weighted by Gasteiger charge is -2.38. The topological polar surface area (TPSA) is 66.8 Å². The molecule has 0 radical (unpaired) electrons. The van der Waals surface area contributed by atoms with Gasteiger partial charge < -0.3 is 14.7 Å². The SMILES string of the molecule is CC(C)(C)OC(=O)N1C[C@@H]2C[C@H]1C2[C@H]1[C@H](C(=O)O)C1(C)C. The van der Waals surface area contributed by atoms with Gasteiger partial charge in [0.15, 0.2) is 0 Å². The molecule has 5 nitrogen and oxygen atoms in total. The Balaban J connectivity index is 1.69. The van der Waals surface area contributed by atoms with Crippen LogP contribution in [0.25, 0.3) is 0 Å². The van der Waals surface area contributed by atoms with Crippen LogP contribution in [0.15, 0.2) is 0 Å². The van der Waals surface area contributed by atoms with Crippen LogP contribution in [-0.4, -0.2) is 40.3 Å². The van der Waals surface area contributed by atoms with Gasteiger partial charge in [0.1, 0.15) is 5.60 Å². The molecule has 2 aliphatic carbocycles. The molecule has 1 unspecified atom stereocenters. The van der Waals surface area contributed by atoms with E-state index < -0.39 is 11.6 Å². The molecular formula is C16H25NO4. The molecule has 2 saturated heterocycles. The molecule has 2 heterocycles. The number of carboxylic acid groups (broad SMARTS) is 1. The average molecular weight is 295 g/mol. The summed E-state index contributed by atoms with van der Waals surface area (Å²) in [5.74, 6) is 0.0439. The molecule has 5 heteroatoms. The van der Waals surface area contributed by atoms with Crippen molar-refractivity contribution in [3.05, 3.63) is 0 Å². The van der Waals surface area contributed by atoms with E-state index >= 15 is 0 Å². The van der Waals surface area contributed by atoms with Gasteiger partial charge in [0.25, 0.3) is 0 Å². The number of ether oxygens (including phenoxy) is 1. The number of rotatable bonds is 2. The molecular weight excluding hydrogens is 270 g/mol. The van der Waals surface area contributed by atoms with Gasteiger partial charge >= 0.3 is 12.1 Å². The van der Waals surface area contributed by atoms with Crippen LogP contribution in [-0.2, 0) is 9.53 Å². The minimum absolute atomic E-state index is 0.142. The Hall–Kier alpha value is -1.26. The van der Waals surface area contributed by atoms with Gasteiger partial charge in [-0.15, -0.1) is 0 Å². The van der Waals surface area contributed by atoms with Crippen molar-refractivity contribution in [3.63, 3.8) is 0 Å². The van der Waals surface area contributed by atoms with Crippen molar-refractivity contribution in [3.8, 4) is 0 Å². The van der Waals surface area contributed by atoms with E-state index in [0.29, 0.717) is 11.8 Å². The third-order valence-electron chi connectivity index (χ3n) is 5.58. The van der Waals surface area contributed by atoms with Gasteiger partial charge in [0, 0.05) is 12.6 Å². The summed E-state index contributed by atoms with van der Waals surface area (Å²) in [6.07, 6.45) is 0.755. The monoisotopic (exact) mass is 295 g/mol. The van der Waals surface area contributed by atoms with E-state index in [1.807, 2.05) is 39.5 Å². The fraction of sp³-hybridized carbons (Fsp3) is 0.875. The van der Waals surface area contributed by atoms with Crippen molar-refractivity contribution >= 4 is 12.1 Å². The predicted octanol–water partition coefficient (Wildman–Crippen LogP) is 2.60. The molecule has 0 aromatic heterocycles. The van der Waals surface area contributed by atoms with Gasteiger partial charge in [-0.05, 0) is 50.4 Å². The smallest absolute Gasteiger partial charge is 0.410 e. The number of amides is 1. The lowest BCUT2D eigenvalue weighted by molar-refractivity contribution is -0.139. The third-order valence-corrected chi connectivity index (χ3v) is 5.58. The van der Waals surface area contributed by atoms with E-state index in [1.165, 1.54) is 0 Å². The maximum absolute atomic E-state index is 12.3. The van der Waals surface area contributed by atoms with Gasteiger partial charge in [0.2, 0.25) is 0 Å². The highest BCUT2D eigenvalue weighted by Gasteiger charge is 2.72. The van der Waals surface area contributed by atoms with E-state index in [0.717, 1.165) is 13.0 Å². The Morgan fingerprint density at radius 2 is 1.90 bits per heavy atom. The summed E-state index contributed by atoms with van der Waals surface area (Å²) < 4.78 is 5.46. The second-order valence-corrected chi connectivity index (χ2v) is 8.44. The van der Waals surface area contributed by atoms with Crippen molar-refractivity contribution in [2.45, 2.75) is 52.7 Å². The highest BCUT2D eigenvalue weighted by atomic mass is 16.6. The minimum Gasteiger partial charge on any atom is -0.481 e. The second-order valence-electron chi connectivity index (χ2n) is 8.44. The number of carboxylic acids is 1. The first-order valence-electron chi connectivity index (χ1n) is 7.76. The van der Waals surface area contributed by atoms with Crippen LogP contribution in [0.4, 0.5) is 4.79 Å². The first-order valence-corrected chi connectivity index (χ1v) is 7.76. The largest absolute Gasteiger partial charge is 0.481 e. The Bertz CT molecular complexity index is 493. The normalized spacial score (nSPS) is 39.7. The first kappa shape index (κ1) is 14.7. The number of aliphatic carboxylic acids is 1. The van der Waals surface area contributed by atoms with Crippen LogP contribution in [0.3, 0.4) is 0 Å². The molecule has 0 aromatic carbocycles. The highest BCUT2D eigenvalue weighted by Crippen LogP contribution is 2.68. The Morgan fingerprint density at radius 1 is 1.29 bits per heavy atom. The molecule has 2 saturated carbocycles. The lowest BCUT2D eigenvalue weighted by atomic mass is 9.69. The van der Waals surface area contributed by atoms with Gasteiger partial charge in [-0.25, -0.2) is 4.79 Å². The summed E-state index contributed by atoms with van der Waals surface area (Å²) in [5, 5.41) is 9.34. The maximum Gasteiger partial charge on any atom is 0.410 e.